The number of hydrogen-bond donors (Lipinski definition) is 2. The Balaban J connectivity index is 0.00000161. The van der Waals surface area contributed by atoms with E-state index in [1.165, 1.54) is 5.56 Å². The van der Waals surface area contributed by atoms with Crippen LogP contribution in [0.5, 0.6) is 0 Å². The smallest absolute Gasteiger partial charge is 0.307 e. The van der Waals surface area contributed by atoms with Gasteiger partial charge in [-0.15, -0.1) is 12.4 Å². The van der Waals surface area contributed by atoms with Crippen LogP contribution in [0.2, 0.25) is 0 Å². The number of rotatable bonds is 3. The number of benzene rings is 1. The number of fused-ring (bicyclic) bond motifs is 1. The number of hydrogen-bond acceptors (Lipinski definition) is 3. The summed E-state index contributed by atoms with van der Waals surface area (Å²) in [6.07, 6.45) is 2.90. The first-order valence-corrected chi connectivity index (χ1v) is 6.72. The Morgan fingerprint density at radius 1 is 1.29 bits per heavy atom. The van der Waals surface area contributed by atoms with Crippen LogP contribution in [-0.2, 0) is 24.2 Å². The minimum Gasteiger partial charge on any atom is -0.481 e. The first-order chi connectivity index (χ1) is 9.72. The van der Waals surface area contributed by atoms with Crippen molar-refractivity contribution in [3.05, 3.63) is 53.3 Å². The van der Waals surface area contributed by atoms with Gasteiger partial charge in [-0.3, -0.25) is 9.78 Å². The Hall–Kier alpha value is -1.91. The van der Waals surface area contributed by atoms with Gasteiger partial charge in [0.05, 0.1) is 6.42 Å². The Labute approximate surface area is 129 Å². The lowest BCUT2D eigenvalue weighted by Gasteiger charge is -2.17. The molecular weight excluding hydrogens is 288 g/mol. The molecule has 1 aliphatic heterocycles. The molecule has 0 saturated carbocycles. The Morgan fingerprint density at radius 2 is 2.14 bits per heavy atom. The van der Waals surface area contributed by atoms with E-state index in [1.807, 2.05) is 30.5 Å². The van der Waals surface area contributed by atoms with Crippen molar-refractivity contribution in [2.75, 3.05) is 6.54 Å². The Morgan fingerprint density at radius 3 is 2.95 bits per heavy atom. The van der Waals surface area contributed by atoms with Crippen molar-refractivity contribution in [1.82, 2.24) is 10.3 Å². The Kier molecular flexibility index (Phi) is 4.94. The average molecular weight is 305 g/mol. The molecule has 0 saturated heterocycles. The number of carboxylic acid groups (broad SMARTS) is 1. The van der Waals surface area contributed by atoms with Crippen LogP contribution >= 0.6 is 12.4 Å². The molecule has 0 unspecified atom stereocenters. The molecule has 2 aromatic rings. The van der Waals surface area contributed by atoms with Crippen molar-refractivity contribution in [1.29, 1.82) is 0 Å². The first-order valence-electron chi connectivity index (χ1n) is 6.72. The van der Waals surface area contributed by atoms with Crippen molar-refractivity contribution in [2.24, 2.45) is 0 Å². The summed E-state index contributed by atoms with van der Waals surface area (Å²) in [4.78, 5) is 15.3. The van der Waals surface area contributed by atoms with E-state index in [9.17, 15) is 4.79 Å². The van der Waals surface area contributed by atoms with Crippen molar-refractivity contribution >= 4 is 18.4 Å². The topological polar surface area (TPSA) is 62.2 Å². The quantitative estimate of drug-likeness (QED) is 0.914. The van der Waals surface area contributed by atoms with Crippen LogP contribution in [0, 0.1) is 0 Å². The van der Waals surface area contributed by atoms with Gasteiger partial charge in [0, 0.05) is 37.0 Å². The van der Waals surface area contributed by atoms with Gasteiger partial charge in [-0.05, 0) is 22.8 Å². The summed E-state index contributed by atoms with van der Waals surface area (Å²) >= 11 is 0. The number of aromatic nitrogens is 1. The second-order valence-corrected chi connectivity index (χ2v) is 5.03. The van der Waals surface area contributed by atoms with E-state index >= 15 is 0 Å². The maximum Gasteiger partial charge on any atom is 0.307 e. The van der Waals surface area contributed by atoms with E-state index in [0.717, 1.165) is 41.9 Å². The molecule has 5 heteroatoms. The maximum absolute atomic E-state index is 10.8. The monoisotopic (exact) mass is 304 g/mol. The van der Waals surface area contributed by atoms with E-state index in [0.29, 0.717) is 0 Å². The highest BCUT2D eigenvalue weighted by molar-refractivity contribution is 5.85. The van der Waals surface area contributed by atoms with Gasteiger partial charge in [-0.2, -0.15) is 0 Å². The Bertz CT molecular complexity index is 658. The molecule has 0 atom stereocenters. The van der Waals surface area contributed by atoms with Crippen LogP contribution in [0.1, 0.15) is 16.8 Å². The molecule has 0 radical (unpaired) electrons. The lowest BCUT2D eigenvalue weighted by Crippen LogP contribution is -2.24. The molecule has 2 heterocycles. The van der Waals surface area contributed by atoms with Crippen molar-refractivity contribution < 1.29 is 9.90 Å². The van der Waals surface area contributed by atoms with Gasteiger partial charge in [-0.25, -0.2) is 0 Å². The minimum absolute atomic E-state index is 0. The van der Waals surface area contributed by atoms with Gasteiger partial charge in [0.25, 0.3) is 0 Å². The number of halogens is 1. The predicted molar refractivity (Wildman–Crippen MR) is 83.7 cm³/mol. The summed E-state index contributed by atoms with van der Waals surface area (Å²) in [6.45, 7) is 1.83. The number of nitrogens with zero attached hydrogens (tertiary/aromatic N) is 1. The molecule has 0 spiro atoms. The molecule has 2 N–H and O–H groups in total. The summed E-state index contributed by atoms with van der Waals surface area (Å²) in [7, 11) is 0. The zero-order valence-electron chi connectivity index (χ0n) is 11.5. The lowest BCUT2D eigenvalue weighted by atomic mass is 9.99. The third-order valence-corrected chi connectivity index (χ3v) is 3.53. The predicted octanol–water partition coefficient (Wildman–Crippen LogP) is 2.44. The molecule has 110 valence electrons. The summed E-state index contributed by atoms with van der Waals surface area (Å²) in [6, 6.07) is 9.80. The van der Waals surface area contributed by atoms with E-state index < -0.39 is 5.97 Å². The molecule has 0 amide bonds. The molecule has 3 rings (SSSR count). The SMILES string of the molecule is Cl.O=C(O)Cc1cccc(-c2cnc3c(c2)CNCC3)c1. The number of pyridine rings is 1. The van der Waals surface area contributed by atoms with Crippen LogP contribution in [-0.4, -0.2) is 22.6 Å². The van der Waals surface area contributed by atoms with Crippen molar-refractivity contribution in [3.8, 4) is 11.1 Å². The number of aliphatic carboxylic acids is 1. The molecule has 1 aromatic heterocycles. The molecule has 4 nitrogen and oxygen atoms in total. The highest BCUT2D eigenvalue weighted by Gasteiger charge is 2.11. The van der Waals surface area contributed by atoms with Gasteiger partial charge in [0.2, 0.25) is 0 Å². The minimum atomic E-state index is -0.810. The van der Waals surface area contributed by atoms with Gasteiger partial charge >= 0.3 is 5.97 Å². The molecule has 0 bridgehead atoms. The molecule has 1 aromatic carbocycles. The van der Waals surface area contributed by atoms with E-state index in [4.69, 9.17) is 5.11 Å². The fourth-order valence-corrected chi connectivity index (χ4v) is 2.54. The van der Waals surface area contributed by atoms with Gasteiger partial charge < -0.3 is 10.4 Å². The van der Waals surface area contributed by atoms with E-state index in [2.05, 4.69) is 16.4 Å². The van der Waals surface area contributed by atoms with Gasteiger partial charge in [0.1, 0.15) is 0 Å². The molecule has 21 heavy (non-hydrogen) atoms. The second kappa shape index (κ2) is 6.70. The standard InChI is InChI=1S/C16H16N2O2.ClH/c19-16(20)7-11-2-1-3-12(6-11)13-8-14-9-17-5-4-15(14)18-10-13;/h1-3,6,8,10,17H,4-5,7,9H2,(H,19,20);1H. The third kappa shape index (κ3) is 3.60. The van der Waals surface area contributed by atoms with Crippen molar-refractivity contribution in [3.63, 3.8) is 0 Å². The van der Waals surface area contributed by atoms with Crippen LogP contribution < -0.4 is 5.32 Å². The number of nitrogens with one attached hydrogen (secondary N) is 1. The summed E-state index contributed by atoms with van der Waals surface area (Å²) < 4.78 is 0. The third-order valence-electron chi connectivity index (χ3n) is 3.53. The molecule has 0 fully saturated rings. The average Bonchev–Trinajstić information content (AvgIpc) is 2.46. The summed E-state index contributed by atoms with van der Waals surface area (Å²) in [5, 5.41) is 12.2. The van der Waals surface area contributed by atoms with Gasteiger partial charge in [0.15, 0.2) is 0 Å². The number of carboxylic acids is 1. The highest BCUT2D eigenvalue weighted by Crippen LogP contribution is 2.23. The first kappa shape index (κ1) is 15.5. The summed E-state index contributed by atoms with van der Waals surface area (Å²) in [5.41, 5.74) is 5.27. The normalized spacial score (nSPS) is 13.1. The van der Waals surface area contributed by atoms with Gasteiger partial charge in [-0.1, -0.05) is 24.3 Å². The van der Waals surface area contributed by atoms with E-state index in [1.54, 1.807) is 0 Å². The molecular formula is C16H17ClN2O2. The van der Waals surface area contributed by atoms with Crippen LogP contribution in [0.4, 0.5) is 0 Å². The highest BCUT2D eigenvalue weighted by atomic mass is 35.5. The fraction of sp³-hybridized carbons (Fsp3) is 0.250. The zero-order chi connectivity index (χ0) is 13.9. The largest absolute Gasteiger partial charge is 0.481 e. The van der Waals surface area contributed by atoms with E-state index in [-0.39, 0.29) is 18.8 Å². The van der Waals surface area contributed by atoms with Crippen LogP contribution in [0.3, 0.4) is 0 Å². The second-order valence-electron chi connectivity index (χ2n) is 5.03. The van der Waals surface area contributed by atoms with Crippen LogP contribution in [0.15, 0.2) is 36.5 Å². The number of carbonyl (C=O) groups is 1. The lowest BCUT2D eigenvalue weighted by molar-refractivity contribution is -0.136. The summed E-state index contributed by atoms with van der Waals surface area (Å²) in [5.74, 6) is -0.810. The zero-order valence-corrected chi connectivity index (χ0v) is 12.3. The van der Waals surface area contributed by atoms with Crippen LogP contribution in [0.25, 0.3) is 11.1 Å². The molecule has 0 aliphatic carbocycles. The molecule has 1 aliphatic rings. The fourth-order valence-electron chi connectivity index (χ4n) is 2.54. The van der Waals surface area contributed by atoms with Crippen molar-refractivity contribution in [2.45, 2.75) is 19.4 Å². The maximum atomic E-state index is 10.8.